The second-order valence-electron chi connectivity index (χ2n) is 10.3. The second kappa shape index (κ2) is 10.5. The Labute approximate surface area is 221 Å². The molecule has 1 aromatic heterocycles. The molecule has 1 aliphatic heterocycles. The minimum absolute atomic E-state index is 0.00585. The van der Waals surface area contributed by atoms with E-state index in [1.54, 1.807) is 16.8 Å². The van der Waals surface area contributed by atoms with Gasteiger partial charge in [-0.2, -0.15) is 0 Å². The van der Waals surface area contributed by atoms with E-state index in [0.29, 0.717) is 13.1 Å². The Bertz CT molecular complexity index is 1500. The average Bonchev–Trinajstić information content (AvgIpc) is 3.17. The number of nitrogens with zero attached hydrogens (tertiary/aromatic N) is 4. The summed E-state index contributed by atoms with van der Waals surface area (Å²) in [5.41, 5.74) is 7.61. The Morgan fingerprint density at radius 1 is 1.18 bits per heavy atom. The number of carboxylic acid groups (broad SMARTS) is 1. The molecule has 3 aromatic carbocycles. The number of hydrogen-bond acceptors (Lipinski definition) is 5. The van der Waals surface area contributed by atoms with Gasteiger partial charge >= 0.3 is 5.97 Å². The van der Waals surface area contributed by atoms with E-state index in [4.69, 9.17) is 4.74 Å². The van der Waals surface area contributed by atoms with E-state index >= 15 is 0 Å². The number of aliphatic carboxylic acids is 1. The fraction of sp³-hybridized carbons (Fsp3) is 0.367. The zero-order chi connectivity index (χ0) is 27.0. The maximum atomic E-state index is 14.0. The lowest BCUT2D eigenvalue weighted by Crippen LogP contribution is -2.32. The van der Waals surface area contributed by atoms with Crippen molar-refractivity contribution < 1.29 is 19.0 Å². The first-order valence-electron chi connectivity index (χ1n) is 13.0. The molecule has 38 heavy (non-hydrogen) atoms. The maximum Gasteiger partial charge on any atom is 0.304 e. The molecular weight excluding hydrogens is 483 g/mol. The highest BCUT2D eigenvalue weighted by Crippen LogP contribution is 2.35. The summed E-state index contributed by atoms with van der Waals surface area (Å²) in [7, 11) is 1.85. The molecule has 0 spiro atoms. The Hall–Kier alpha value is -3.78. The zero-order valence-corrected chi connectivity index (χ0v) is 22.2. The fourth-order valence-electron chi connectivity index (χ4n) is 5.46. The van der Waals surface area contributed by atoms with Gasteiger partial charge in [0.25, 0.3) is 0 Å². The van der Waals surface area contributed by atoms with Crippen LogP contribution in [0.4, 0.5) is 4.39 Å². The lowest BCUT2D eigenvalue weighted by Gasteiger charge is -2.25. The summed E-state index contributed by atoms with van der Waals surface area (Å²) < 4.78 is 21.9. The van der Waals surface area contributed by atoms with Crippen LogP contribution in [0, 0.1) is 19.7 Å². The van der Waals surface area contributed by atoms with Crippen molar-refractivity contribution in [3.8, 4) is 5.75 Å². The van der Waals surface area contributed by atoms with Gasteiger partial charge < -0.3 is 9.84 Å². The summed E-state index contributed by atoms with van der Waals surface area (Å²) in [5, 5.41) is 18.3. The van der Waals surface area contributed by atoms with Gasteiger partial charge in [0.05, 0.1) is 11.9 Å². The molecule has 2 atom stereocenters. The predicted molar refractivity (Wildman–Crippen MR) is 144 cm³/mol. The van der Waals surface area contributed by atoms with Crippen molar-refractivity contribution in [1.29, 1.82) is 0 Å². The standard InChI is InChI=1S/C30H33FN4O3/c1-5-24-17-35(16-22-13-23(31)8-11-28(22)38-24)15-21-12-20(7-6-18(21)2)26(14-29(36)37)25-9-10-27-30(19(25)3)32-33-34(27)4/h6-13,24,26H,5,14-17H2,1-4H3,(H,36,37). The number of ether oxygens (including phenoxy) is 1. The number of hydrogen-bond donors (Lipinski definition) is 1. The van der Waals surface area contributed by atoms with Crippen LogP contribution in [0.5, 0.6) is 5.75 Å². The molecule has 8 heteroatoms. The molecule has 0 radical (unpaired) electrons. The number of carbonyl (C=O) groups is 1. The highest BCUT2D eigenvalue weighted by atomic mass is 19.1. The highest BCUT2D eigenvalue weighted by Gasteiger charge is 2.25. The quantitative estimate of drug-likeness (QED) is 0.349. The van der Waals surface area contributed by atoms with Crippen LogP contribution >= 0.6 is 0 Å². The van der Waals surface area contributed by atoms with Crippen LogP contribution in [0.1, 0.15) is 59.1 Å². The third-order valence-electron chi connectivity index (χ3n) is 7.63. The monoisotopic (exact) mass is 516 g/mol. The molecule has 2 unspecified atom stereocenters. The van der Waals surface area contributed by atoms with E-state index in [2.05, 4.69) is 41.2 Å². The molecule has 0 aliphatic carbocycles. The van der Waals surface area contributed by atoms with Gasteiger partial charge in [-0.3, -0.25) is 9.69 Å². The van der Waals surface area contributed by atoms with Crippen molar-refractivity contribution in [2.75, 3.05) is 6.54 Å². The topological polar surface area (TPSA) is 80.5 Å². The van der Waals surface area contributed by atoms with Gasteiger partial charge in [0, 0.05) is 38.2 Å². The van der Waals surface area contributed by atoms with Crippen LogP contribution in [-0.4, -0.2) is 43.6 Å². The minimum atomic E-state index is -0.857. The fourth-order valence-corrected chi connectivity index (χ4v) is 5.46. The van der Waals surface area contributed by atoms with Gasteiger partial charge in [0.15, 0.2) is 0 Å². The Morgan fingerprint density at radius 2 is 2.00 bits per heavy atom. The van der Waals surface area contributed by atoms with Crippen molar-refractivity contribution in [3.63, 3.8) is 0 Å². The molecule has 2 heterocycles. The van der Waals surface area contributed by atoms with Crippen LogP contribution in [0.15, 0.2) is 48.5 Å². The predicted octanol–water partition coefficient (Wildman–Crippen LogP) is 5.50. The molecule has 0 amide bonds. The summed E-state index contributed by atoms with van der Waals surface area (Å²) in [6, 6.07) is 14.9. The number of rotatable bonds is 7. The SMILES string of the molecule is CCC1CN(Cc2cc(C(CC(=O)O)c3ccc4c(nnn4C)c3C)ccc2C)Cc2cc(F)ccc2O1. The number of carboxylic acids is 1. The Kier molecular flexibility index (Phi) is 7.17. The summed E-state index contributed by atoms with van der Waals surface area (Å²) in [6.45, 7) is 8.09. The van der Waals surface area contributed by atoms with Crippen molar-refractivity contribution in [3.05, 3.63) is 87.7 Å². The van der Waals surface area contributed by atoms with E-state index in [9.17, 15) is 14.3 Å². The van der Waals surface area contributed by atoms with Gasteiger partial charge in [-0.25, -0.2) is 9.07 Å². The summed E-state index contributed by atoms with van der Waals surface area (Å²) in [6.07, 6.45) is 0.820. The van der Waals surface area contributed by atoms with Gasteiger partial charge in [-0.05, 0) is 72.4 Å². The van der Waals surface area contributed by atoms with Crippen LogP contribution in [0.3, 0.4) is 0 Å². The number of fused-ring (bicyclic) bond motifs is 2. The number of aryl methyl sites for hydroxylation is 3. The smallest absolute Gasteiger partial charge is 0.304 e. The van der Waals surface area contributed by atoms with Gasteiger partial charge in [-0.1, -0.05) is 36.4 Å². The third-order valence-corrected chi connectivity index (χ3v) is 7.63. The molecular formula is C30H33FN4O3. The largest absolute Gasteiger partial charge is 0.489 e. The van der Waals surface area contributed by atoms with Gasteiger partial charge in [0.2, 0.25) is 0 Å². The summed E-state index contributed by atoms with van der Waals surface area (Å²) in [5.74, 6) is -0.719. The summed E-state index contributed by atoms with van der Waals surface area (Å²) >= 11 is 0. The van der Waals surface area contributed by atoms with Crippen molar-refractivity contribution >= 4 is 17.0 Å². The number of halogens is 1. The molecule has 0 bridgehead atoms. The van der Waals surface area contributed by atoms with Crippen molar-refractivity contribution in [2.24, 2.45) is 7.05 Å². The highest BCUT2D eigenvalue weighted by molar-refractivity contribution is 5.80. The lowest BCUT2D eigenvalue weighted by atomic mass is 9.84. The second-order valence-corrected chi connectivity index (χ2v) is 10.3. The van der Waals surface area contributed by atoms with E-state index in [0.717, 1.165) is 63.1 Å². The van der Waals surface area contributed by atoms with Crippen LogP contribution < -0.4 is 4.74 Å². The van der Waals surface area contributed by atoms with Crippen LogP contribution in [0.2, 0.25) is 0 Å². The molecule has 0 saturated carbocycles. The average molecular weight is 517 g/mol. The lowest BCUT2D eigenvalue weighted by molar-refractivity contribution is -0.137. The van der Waals surface area contributed by atoms with Gasteiger partial charge in [0.1, 0.15) is 23.2 Å². The van der Waals surface area contributed by atoms with Crippen LogP contribution in [0.25, 0.3) is 11.0 Å². The maximum absolute atomic E-state index is 14.0. The van der Waals surface area contributed by atoms with Crippen molar-refractivity contribution in [1.82, 2.24) is 19.9 Å². The number of aromatic nitrogens is 3. The van der Waals surface area contributed by atoms with E-state index in [-0.39, 0.29) is 24.3 Å². The molecule has 5 rings (SSSR count). The number of benzene rings is 3. The molecule has 1 aliphatic rings. The minimum Gasteiger partial charge on any atom is -0.489 e. The molecule has 198 valence electrons. The zero-order valence-electron chi connectivity index (χ0n) is 22.2. The first-order chi connectivity index (χ1) is 18.2. The van der Waals surface area contributed by atoms with E-state index < -0.39 is 5.97 Å². The molecule has 4 aromatic rings. The van der Waals surface area contributed by atoms with E-state index in [1.807, 2.05) is 32.2 Å². The molecule has 7 nitrogen and oxygen atoms in total. The normalized spacial score (nSPS) is 16.6. The van der Waals surface area contributed by atoms with Crippen molar-refractivity contribution in [2.45, 2.75) is 58.7 Å². The molecule has 0 fully saturated rings. The molecule has 1 N–H and O–H groups in total. The first-order valence-corrected chi connectivity index (χ1v) is 13.0. The van der Waals surface area contributed by atoms with E-state index in [1.165, 1.54) is 6.07 Å². The first kappa shape index (κ1) is 25.9. The Morgan fingerprint density at radius 3 is 2.76 bits per heavy atom. The van der Waals surface area contributed by atoms with Crippen LogP contribution in [-0.2, 0) is 24.9 Å². The third kappa shape index (κ3) is 5.13. The molecule has 0 saturated heterocycles. The summed E-state index contributed by atoms with van der Waals surface area (Å²) in [4.78, 5) is 14.3. The Balaban J connectivity index is 1.50. The van der Waals surface area contributed by atoms with Gasteiger partial charge in [-0.15, -0.1) is 5.10 Å².